The van der Waals surface area contributed by atoms with Crippen LogP contribution in [-0.2, 0) is 28.9 Å². The zero-order chi connectivity index (χ0) is 27.7. The summed E-state index contributed by atoms with van der Waals surface area (Å²) in [6.45, 7) is 8.13. The molecule has 0 spiro atoms. The highest BCUT2D eigenvalue weighted by Crippen LogP contribution is 2.40. The van der Waals surface area contributed by atoms with E-state index >= 15 is 0 Å². The molecule has 0 aliphatic carbocycles. The van der Waals surface area contributed by atoms with Gasteiger partial charge in [0.2, 0.25) is 10.0 Å². The Bertz CT molecular complexity index is 1430. The Kier molecular flexibility index (Phi) is 8.09. The molecule has 0 bridgehead atoms. The van der Waals surface area contributed by atoms with Crippen LogP contribution in [0.4, 0.5) is 11.4 Å². The minimum Gasteiger partial charge on any atom is -0.492 e. The summed E-state index contributed by atoms with van der Waals surface area (Å²) in [6, 6.07) is 11.8. The molecule has 3 aromatic rings. The van der Waals surface area contributed by atoms with Gasteiger partial charge in [0.15, 0.2) is 5.75 Å². The molecule has 1 unspecified atom stereocenters. The molecule has 1 aliphatic heterocycles. The van der Waals surface area contributed by atoms with Crippen LogP contribution in [0.15, 0.2) is 36.4 Å². The van der Waals surface area contributed by atoms with Crippen molar-refractivity contribution in [2.75, 3.05) is 36.5 Å². The van der Waals surface area contributed by atoms with Gasteiger partial charge in [0, 0.05) is 18.0 Å². The number of ether oxygens (including phenoxy) is 1. The van der Waals surface area contributed by atoms with E-state index in [1.807, 2.05) is 56.7 Å². The number of carbonyl (C=O) groups is 1. The van der Waals surface area contributed by atoms with E-state index in [2.05, 4.69) is 21.4 Å². The van der Waals surface area contributed by atoms with Gasteiger partial charge in [0.05, 0.1) is 24.7 Å². The monoisotopic (exact) mass is 540 g/mol. The molecular weight excluding hydrogens is 500 g/mol. The van der Waals surface area contributed by atoms with Crippen molar-refractivity contribution in [2.24, 2.45) is 13.0 Å². The number of hydrogen-bond donors (Lipinski definition) is 3. The second-order valence-corrected chi connectivity index (χ2v) is 13.1. The van der Waals surface area contributed by atoms with Crippen molar-refractivity contribution >= 4 is 38.2 Å². The van der Waals surface area contributed by atoms with E-state index in [0.717, 1.165) is 67.1 Å². The van der Waals surface area contributed by atoms with Gasteiger partial charge in [-0.3, -0.25) is 9.52 Å². The van der Waals surface area contributed by atoms with Crippen LogP contribution >= 0.6 is 0 Å². The molecule has 38 heavy (non-hydrogen) atoms. The Morgan fingerprint density at radius 1 is 1.13 bits per heavy atom. The minimum atomic E-state index is -3.57. The fourth-order valence-electron chi connectivity index (χ4n) is 5.38. The maximum absolute atomic E-state index is 14.0. The second-order valence-electron chi connectivity index (χ2n) is 11.3. The summed E-state index contributed by atoms with van der Waals surface area (Å²) < 4.78 is 34.4. The molecule has 2 aromatic carbocycles. The molecule has 0 radical (unpaired) electrons. The highest BCUT2D eigenvalue weighted by Gasteiger charge is 2.27. The Morgan fingerprint density at radius 3 is 2.53 bits per heavy atom. The lowest BCUT2D eigenvalue weighted by molar-refractivity contribution is 0.101. The third-order valence-corrected chi connectivity index (χ3v) is 7.91. The van der Waals surface area contributed by atoms with Gasteiger partial charge in [-0.05, 0) is 79.4 Å². The normalized spacial score (nSPS) is 16.7. The zero-order valence-corrected chi connectivity index (χ0v) is 24.1. The highest BCUT2D eigenvalue weighted by atomic mass is 32.2. The van der Waals surface area contributed by atoms with Crippen molar-refractivity contribution in [2.45, 2.75) is 51.9 Å². The fourth-order valence-corrected chi connectivity index (χ4v) is 5.93. The summed E-state index contributed by atoms with van der Waals surface area (Å²) in [6.07, 6.45) is 5.25. The van der Waals surface area contributed by atoms with Gasteiger partial charge in [-0.1, -0.05) is 39.0 Å². The molecular formula is C29H40N4O4S. The largest absolute Gasteiger partial charge is 0.492 e. The van der Waals surface area contributed by atoms with Crippen LogP contribution in [0, 0.1) is 5.92 Å². The summed E-state index contributed by atoms with van der Waals surface area (Å²) in [5.74, 6) is 0.513. The summed E-state index contributed by atoms with van der Waals surface area (Å²) >= 11 is 0. The summed E-state index contributed by atoms with van der Waals surface area (Å²) in [5.41, 5.74) is 3.96. The van der Waals surface area contributed by atoms with Crippen molar-refractivity contribution in [3.63, 3.8) is 0 Å². The third kappa shape index (κ3) is 6.15. The number of nitrogens with one attached hydrogen (secondary N) is 3. The van der Waals surface area contributed by atoms with E-state index in [1.165, 1.54) is 7.11 Å². The average molecular weight is 541 g/mol. The fraction of sp³-hybridized carbons (Fsp3) is 0.483. The Labute approximate surface area is 226 Å². The molecule has 206 valence electrons. The molecule has 1 aliphatic rings. The molecule has 3 N–H and O–H groups in total. The molecule has 1 amide bonds. The molecule has 1 saturated heterocycles. The van der Waals surface area contributed by atoms with Gasteiger partial charge in [-0.25, -0.2) is 8.42 Å². The smallest absolute Gasteiger partial charge is 0.272 e. The molecule has 4 rings (SSSR count). The molecule has 8 nitrogen and oxygen atoms in total. The maximum Gasteiger partial charge on any atom is 0.272 e. The van der Waals surface area contributed by atoms with E-state index in [0.29, 0.717) is 23.0 Å². The van der Waals surface area contributed by atoms with Gasteiger partial charge < -0.3 is 19.9 Å². The van der Waals surface area contributed by atoms with Gasteiger partial charge >= 0.3 is 0 Å². The first-order valence-electron chi connectivity index (χ1n) is 13.2. The Morgan fingerprint density at radius 2 is 1.84 bits per heavy atom. The Hall–Kier alpha value is -3.04. The highest BCUT2D eigenvalue weighted by molar-refractivity contribution is 7.92. The molecule has 1 aromatic heterocycles. The van der Waals surface area contributed by atoms with E-state index < -0.39 is 10.0 Å². The number of anilines is 2. The number of amides is 1. The molecule has 1 fully saturated rings. The van der Waals surface area contributed by atoms with Gasteiger partial charge in [-0.2, -0.15) is 0 Å². The van der Waals surface area contributed by atoms with E-state index in [-0.39, 0.29) is 17.1 Å². The number of rotatable bonds is 7. The van der Waals surface area contributed by atoms with E-state index in [9.17, 15) is 13.2 Å². The molecule has 0 saturated carbocycles. The number of benzene rings is 2. The van der Waals surface area contributed by atoms with Crippen LogP contribution in [0.5, 0.6) is 5.75 Å². The first-order valence-corrected chi connectivity index (χ1v) is 15.1. The summed E-state index contributed by atoms with van der Waals surface area (Å²) in [4.78, 5) is 14.0. The van der Waals surface area contributed by atoms with E-state index in [4.69, 9.17) is 4.74 Å². The molecule has 2 heterocycles. The molecule has 9 heteroatoms. The number of carbonyl (C=O) groups excluding carboxylic acids is 1. The zero-order valence-electron chi connectivity index (χ0n) is 23.3. The Balaban J connectivity index is 1.80. The number of para-hydroxylation sites is 1. The van der Waals surface area contributed by atoms with Crippen molar-refractivity contribution < 1.29 is 17.9 Å². The topological polar surface area (TPSA) is 101 Å². The number of aromatic nitrogens is 1. The predicted molar refractivity (Wildman–Crippen MR) is 155 cm³/mol. The third-order valence-electron chi connectivity index (χ3n) is 7.32. The standard InChI is InChI=1S/C29H40N4O4S/c1-29(2,3)20-17-23(27(37-5)24(18-20)32-38(6,35)36)31-28(34)26-22(16-19-10-9-14-30-15-13-19)21-11-7-8-12-25(21)33(26)4/h7-8,11-12,17-19,30,32H,9-10,13-16H2,1-6H3,(H,31,34). The number of nitrogens with zero attached hydrogens (tertiary/aromatic N) is 1. The van der Waals surface area contributed by atoms with Crippen LogP contribution in [-0.4, -0.2) is 45.3 Å². The van der Waals surface area contributed by atoms with Gasteiger partial charge in [0.25, 0.3) is 5.91 Å². The van der Waals surface area contributed by atoms with Crippen LogP contribution in [0.25, 0.3) is 10.9 Å². The summed E-state index contributed by atoms with van der Waals surface area (Å²) in [5, 5.41) is 7.65. The first kappa shape index (κ1) is 28.0. The van der Waals surface area contributed by atoms with E-state index in [1.54, 1.807) is 6.07 Å². The van der Waals surface area contributed by atoms with Crippen LogP contribution < -0.4 is 20.1 Å². The number of fused-ring (bicyclic) bond motifs is 1. The minimum absolute atomic E-state index is 0.250. The van der Waals surface area contributed by atoms with Gasteiger partial charge in [-0.15, -0.1) is 0 Å². The quantitative estimate of drug-likeness (QED) is 0.390. The van der Waals surface area contributed by atoms with Crippen molar-refractivity contribution in [1.29, 1.82) is 0 Å². The lowest BCUT2D eigenvalue weighted by atomic mass is 9.86. The number of methoxy groups -OCH3 is 1. The maximum atomic E-state index is 14.0. The van der Waals surface area contributed by atoms with Crippen LogP contribution in [0.2, 0.25) is 0 Å². The first-order chi connectivity index (χ1) is 17.9. The van der Waals surface area contributed by atoms with Gasteiger partial charge in [0.1, 0.15) is 5.69 Å². The summed E-state index contributed by atoms with van der Waals surface area (Å²) in [7, 11) is -0.176. The average Bonchev–Trinajstić information content (AvgIpc) is 2.97. The molecule has 1 atom stereocenters. The second kappa shape index (κ2) is 11.0. The van der Waals surface area contributed by atoms with Crippen molar-refractivity contribution in [1.82, 2.24) is 9.88 Å². The lowest BCUT2D eigenvalue weighted by Crippen LogP contribution is -2.21. The number of hydrogen-bond acceptors (Lipinski definition) is 5. The number of aryl methyl sites for hydroxylation is 1. The van der Waals surface area contributed by atoms with Crippen LogP contribution in [0.1, 0.15) is 61.6 Å². The lowest BCUT2D eigenvalue weighted by Gasteiger charge is -2.24. The number of sulfonamides is 1. The predicted octanol–water partition coefficient (Wildman–Crippen LogP) is 5.04. The SMILES string of the molecule is COc1c(NC(=O)c2c(CC3CCCNCC3)c3ccccc3n2C)cc(C(C)(C)C)cc1NS(C)(=O)=O. The van der Waals surface area contributed by atoms with Crippen molar-refractivity contribution in [3.8, 4) is 5.75 Å². The van der Waals surface area contributed by atoms with Crippen LogP contribution in [0.3, 0.4) is 0 Å². The van der Waals surface area contributed by atoms with Crippen molar-refractivity contribution in [3.05, 3.63) is 53.2 Å².